The first-order valence-corrected chi connectivity index (χ1v) is 5.87. The summed E-state index contributed by atoms with van der Waals surface area (Å²) in [7, 11) is 2.51. The standard InChI is InChI=1S/C14H16O6/c1-4-20-9-5-6-13(18-2)10(7-9)11(15)8-12(16)14(17)19-3/h5-8,15H,4H2,1-3H3/b11-8-. The Hall–Kier alpha value is -2.50. The van der Waals surface area contributed by atoms with Crippen molar-refractivity contribution in [2.75, 3.05) is 20.8 Å². The van der Waals surface area contributed by atoms with Crippen LogP contribution < -0.4 is 9.47 Å². The molecule has 1 rings (SSSR count). The fourth-order valence-electron chi connectivity index (χ4n) is 1.51. The van der Waals surface area contributed by atoms with Crippen LogP contribution in [0, 0.1) is 0 Å². The molecule has 108 valence electrons. The summed E-state index contributed by atoms with van der Waals surface area (Å²) in [5.74, 6) is -1.57. The van der Waals surface area contributed by atoms with E-state index >= 15 is 0 Å². The first-order valence-electron chi connectivity index (χ1n) is 5.87. The number of hydrogen-bond acceptors (Lipinski definition) is 6. The summed E-state index contributed by atoms with van der Waals surface area (Å²) < 4.78 is 14.7. The maximum Gasteiger partial charge on any atom is 0.378 e. The number of methoxy groups -OCH3 is 2. The number of benzene rings is 1. The van der Waals surface area contributed by atoms with Crippen LogP contribution in [0.15, 0.2) is 24.3 Å². The van der Waals surface area contributed by atoms with Gasteiger partial charge in [-0.25, -0.2) is 4.79 Å². The summed E-state index contributed by atoms with van der Waals surface area (Å²) in [6.07, 6.45) is 0.777. The zero-order valence-corrected chi connectivity index (χ0v) is 11.5. The molecule has 0 aromatic heterocycles. The molecule has 20 heavy (non-hydrogen) atoms. The quantitative estimate of drug-likeness (QED) is 0.370. The van der Waals surface area contributed by atoms with Gasteiger partial charge in [-0.15, -0.1) is 0 Å². The number of ether oxygens (including phenoxy) is 3. The van der Waals surface area contributed by atoms with Crippen molar-refractivity contribution < 1.29 is 28.9 Å². The third kappa shape index (κ3) is 3.74. The lowest BCUT2D eigenvalue weighted by atomic mass is 10.1. The largest absolute Gasteiger partial charge is 0.507 e. The summed E-state index contributed by atoms with van der Waals surface area (Å²) in [5.41, 5.74) is 0.246. The molecular formula is C14H16O6. The van der Waals surface area contributed by atoms with E-state index in [9.17, 15) is 14.7 Å². The van der Waals surface area contributed by atoms with Crippen molar-refractivity contribution in [3.05, 3.63) is 29.8 Å². The second-order valence-corrected chi connectivity index (χ2v) is 3.68. The topological polar surface area (TPSA) is 82.1 Å². The van der Waals surface area contributed by atoms with Crippen molar-refractivity contribution in [1.29, 1.82) is 0 Å². The van der Waals surface area contributed by atoms with Gasteiger partial charge in [-0.05, 0) is 25.1 Å². The second-order valence-electron chi connectivity index (χ2n) is 3.68. The second kappa shape index (κ2) is 7.18. The maximum absolute atomic E-state index is 11.4. The molecule has 0 atom stereocenters. The van der Waals surface area contributed by atoms with Crippen molar-refractivity contribution in [2.45, 2.75) is 6.92 Å². The van der Waals surface area contributed by atoms with Crippen LogP contribution in [-0.2, 0) is 14.3 Å². The normalized spacial score (nSPS) is 10.8. The third-order valence-corrected chi connectivity index (χ3v) is 2.41. The Morgan fingerprint density at radius 1 is 1.30 bits per heavy atom. The Morgan fingerprint density at radius 2 is 2.00 bits per heavy atom. The van der Waals surface area contributed by atoms with Crippen molar-refractivity contribution in [2.24, 2.45) is 0 Å². The number of hydrogen-bond donors (Lipinski definition) is 1. The summed E-state index contributed by atoms with van der Waals surface area (Å²) in [6.45, 7) is 2.28. The number of carbonyl (C=O) groups excluding carboxylic acids is 2. The first-order chi connectivity index (χ1) is 9.53. The van der Waals surface area contributed by atoms with E-state index < -0.39 is 17.5 Å². The monoisotopic (exact) mass is 280 g/mol. The summed E-state index contributed by atoms with van der Waals surface area (Å²) in [5, 5.41) is 9.94. The van der Waals surface area contributed by atoms with Gasteiger partial charge in [-0.1, -0.05) is 0 Å². The molecule has 1 aromatic carbocycles. The third-order valence-electron chi connectivity index (χ3n) is 2.41. The summed E-state index contributed by atoms with van der Waals surface area (Å²) in [4.78, 5) is 22.4. The Kier molecular flexibility index (Phi) is 5.58. The van der Waals surface area contributed by atoms with E-state index in [2.05, 4.69) is 4.74 Å². The van der Waals surface area contributed by atoms with Gasteiger partial charge in [0.05, 0.1) is 26.4 Å². The van der Waals surface area contributed by atoms with Crippen molar-refractivity contribution >= 4 is 17.5 Å². The van der Waals surface area contributed by atoms with Gasteiger partial charge in [-0.3, -0.25) is 4.79 Å². The molecule has 6 heteroatoms. The predicted octanol–water partition coefficient (Wildman–Crippen LogP) is 1.73. The Morgan fingerprint density at radius 3 is 2.55 bits per heavy atom. The average Bonchev–Trinajstić information content (AvgIpc) is 2.46. The van der Waals surface area contributed by atoms with Crippen LogP contribution in [-0.4, -0.2) is 37.7 Å². The molecule has 1 N–H and O–H groups in total. The van der Waals surface area contributed by atoms with Gasteiger partial charge in [0.15, 0.2) is 0 Å². The molecule has 0 fully saturated rings. The molecule has 0 saturated carbocycles. The predicted molar refractivity (Wildman–Crippen MR) is 71.8 cm³/mol. The van der Waals surface area contributed by atoms with Gasteiger partial charge in [0.25, 0.3) is 5.78 Å². The molecule has 0 radical (unpaired) electrons. The molecule has 0 aliphatic carbocycles. The van der Waals surface area contributed by atoms with Crippen LogP contribution >= 0.6 is 0 Å². The van der Waals surface area contributed by atoms with Gasteiger partial charge in [0.2, 0.25) is 0 Å². The molecule has 0 heterocycles. The summed E-state index contributed by atoms with van der Waals surface area (Å²) >= 11 is 0. The van der Waals surface area contributed by atoms with Gasteiger partial charge >= 0.3 is 5.97 Å². The molecule has 0 amide bonds. The summed E-state index contributed by atoms with van der Waals surface area (Å²) in [6, 6.07) is 4.77. The van der Waals surface area contributed by atoms with Crippen LogP contribution in [0.4, 0.5) is 0 Å². The van der Waals surface area contributed by atoms with E-state index in [1.165, 1.54) is 13.2 Å². The molecule has 0 aliphatic rings. The number of esters is 1. The van der Waals surface area contributed by atoms with E-state index in [1.54, 1.807) is 12.1 Å². The highest BCUT2D eigenvalue weighted by Crippen LogP contribution is 2.29. The van der Waals surface area contributed by atoms with Gasteiger partial charge in [-0.2, -0.15) is 0 Å². The zero-order valence-electron chi connectivity index (χ0n) is 11.5. The fraction of sp³-hybridized carbons (Fsp3) is 0.286. The molecule has 0 unspecified atom stereocenters. The van der Waals surface area contributed by atoms with Crippen LogP contribution in [0.25, 0.3) is 5.76 Å². The van der Waals surface area contributed by atoms with E-state index in [4.69, 9.17) is 9.47 Å². The van der Waals surface area contributed by atoms with Gasteiger partial charge in [0, 0.05) is 6.08 Å². The zero-order chi connectivity index (χ0) is 15.1. The van der Waals surface area contributed by atoms with Gasteiger partial charge in [0.1, 0.15) is 17.3 Å². The van der Waals surface area contributed by atoms with Crippen LogP contribution in [0.2, 0.25) is 0 Å². The van der Waals surface area contributed by atoms with E-state index in [-0.39, 0.29) is 5.56 Å². The molecular weight excluding hydrogens is 264 g/mol. The molecule has 0 aliphatic heterocycles. The van der Waals surface area contributed by atoms with Crippen molar-refractivity contribution in [3.8, 4) is 11.5 Å². The Balaban J connectivity index is 3.15. The van der Waals surface area contributed by atoms with Gasteiger partial charge < -0.3 is 19.3 Å². The minimum Gasteiger partial charge on any atom is -0.507 e. The molecule has 0 saturated heterocycles. The average molecular weight is 280 g/mol. The lowest BCUT2D eigenvalue weighted by Crippen LogP contribution is -2.13. The van der Waals surface area contributed by atoms with Crippen LogP contribution in [0.1, 0.15) is 12.5 Å². The molecule has 0 spiro atoms. The van der Waals surface area contributed by atoms with E-state index in [0.717, 1.165) is 13.2 Å². The van der Waals surface area contributed by atoms with Crippen molar-refractivity contribution in [3.63, 3.8) is 0 Å². The number of ketones is 1. The highest BCUT2D eigenvalue weighted by molar-refractivity contribution is 6.39. The highest BCUT2D eigenvalue weighted by Gasteiger charge is 2.15. The first kappa shape index (κ1) is 15.6. The van der Waals surface area contributed by atoms with Crippen LogP contribution in [0.5, 0.6) is 11.5 Å². The fourth-order valence-corrected chi connectivity index (χ4v) is 1.51. The minimum absolute atomic E-state index is 0.246. The SMILES string of the molecule is CCOc1ccc(OC)c(/C(O)=C/C(=O)C(=O)OC)c1. The van der Waals surface area contributed by atoms with E-state index in [1.807, 2.05) is 6.92 Å². The lowest BCUT2D eigenvalue weighted by Gasteiger charge is -2.10. The maximum atomic E-state index is 11.4. The lowest BCUT2D eigenvalue weighted by molar-refractivity contribution is -0.149. The Labute approximate surface area is 116 Å². The molecule has 1 aromatic rings. The molecule has 0 bridgehead atoms. The minimum atomic E-state index is -1.06. The van der Waals surface area contributed by atoms with E-state index in [0.29, 0.717) is 18.1 Å². The number of rotatable bonds is 6. The number of aliphatic hydroxyl groups is 1. The smallest absolute Gasteiger partial charge is 0.378 e. The highest BCUT2D eigenvalue weighted by atomic mass is 16.5. The number of aliphatic hydroxyl groups excluding tert-OH is 1. The van der Waals surface area contributed by atoms with Crippen molar-refractivity contribution in [1.82, 2.24) is 0 Å². The molecule has 6 nitrogen and oxygen atoms in total. The van der Waals surface area contributed by atoms with Crippen LogP contribution in [0.3, 0.4) is 0 Å². The Bertz CT molecular complexity index is 532. The number of carbonyl (C=O) groups is 2.